The molecular formula is C13H18N2O3. The minimum Gasteiger partial charge on any atom is -0.480 e. The minimum atomic E-state index is -0.660. The molecule has 0 bridgehead atoms. The van der Waals surface area contributed by atoms with E-state index in [0.717, 1.165) is 0 Å². The van der Waals surface area contributed by atoms with Crippen molar-refractivity contribution in [3.05, 3.63) is 23.8 Å². The number of ketones is 1. The maximum atomic E-state index is 11.5. The Morgan fingerprint density at radius 2 is 2.11 bits per heavy atom. The topological polar surface area (TPSA) is 81.4 Å². The molecule has 0 fully saturated rings. The highest BCUT2D eigenvalue weighted by Crippen LogP contribution is 2.23. The van der Waals surface area contributed by atoms with Crippen LogP contribution in [0.25, 0.3) is 0 Å². The lowest BCUT2D eigenvalue weighted by molar-refractivity contribution is -0.127. The van der Waals surface area contributed by atoms with Gasteiger partial charge in [-0.1, -0.05) is 0 Å². The maximum absolute atomic E-state index is 11.5. The van der Waals surface area contributed by atoms with E-state index in [1.165, 1.54) is 6.92 Å². The van der Waals surface area contributed by atoms with Gasteiger partial charge >= 0.3 is 0 Å². The van der Waals surface area contributed by atoms with Crippen molar-refractivity contribution in [1.29, 1.82) is 0 Å². The number of anilines is 1. The molecule has 1 aromatic rings. The zero-order valence-corrected chi connectivity index (χ0v) is 10.8. The van der Waals surface area contributed by atoms with Crippen molar-refractivity contribution in [2.45, 2.75) is 26.9 Å². The van der Waals surface area contributed by atoms with Gasteiger partial charge in [0.25, 0.3) is 5.91 Å². The SMILES string of the molecule is CCNC(=O)C(C)Oc1ccc(N)cc1C(C)=O. The number of nitrogen functional groups attached to an aromatic ring is 1. The lowest BCUT2D eigenvalue weighted by Crippen LogP contribution is -2.36. The van der Waals surface area contributed by atoms with E-state index in [0.29, 0.717) is 23.5 Å². The molecule has 0 aromatic heterocycles. The number of nitrogens with one attached hydrogen (secondary N) is 1. The van der Waals surface area contributed by atoms with E-state index < -0.39 is 6.10 Å². The number of rotatable bonds is 5. The summed E-state index contributed by atoms with van der Waals surface area (Å²) in [6.07, 6.45) is -0.660. The third-order valence-corrected chi connectivity index (χ3v) is 2.41. The van der Waals surface area contributed by atoms with Crippen molar-refractivity contribution in [1.82, 2.24) is 5.32 Å². The first-order valence-corrected chi connectivity index (χ1v) is 5.80. The van der Waals surface area contributed by atoms with Gasteiger partial charge in [0.1, 0.15) is 5.75 Å². The third kappa shape index (κ3) is 3.48. The van der Waals surface area contributed by atoms with Gasteiger partial charge in [0.05, 0.1) is 5.56 Å². The molecule has 0 saturated carbocycles. The number of hydrogen-bond acceptors (Lipinski definition) is 4. The van der Waals surface area contributed by atoms with Gasteiger partial charge in [0.2, 0.25) is 0 Å². The average Bonchev–Trinajstić information content (AvgIpc) is 2.31. The molecule has 0 aliphatic carbocycles. The smallest absolute Gasteiger partial charge is 0.260 e. The molecule has 1 aromatic carbocycles. The van der Waals surface area contributed by atoms with Crippen LogP contribution in [0.3, 0.4) is 0 Å². The number of benzene rings is 1. The summed E-state index contributed by atoms with van der Waals surface area (Å²) in [5, 5.41) is 2.65. The number of amides is 1. The predicted octanol–water partition coefficient (Wildman–Crippen LogP) is 1.37. The molecule has 98 valence electrons. The largest absolute Gasteiger partial charge is 0.480 e. The molecular weight excluding hydrogens is 232 g/mol. The molecule has 0 spiro atoms. The van der Waals surface area contributed by atoms with Crippen molar-refractivity contribution in [2.24, 2.45) is 0 Å². The van der Waals surface area contributed by atoms with Crippen LogP contribution < -0.4 is 15.8 Å². The highest BCUT2D eigenvalue weighted by molar-refractivity contribution is 5.97. The minimum absolute atomic E-state index is 0.152. The molecule has 5 heteroatoms. The Kier molecular flexibility index (Phi) is 4.71. The first kappa shape index (κ1) is 14.0. The number of carbonyl (C=O) groups excluding carboxylic acids is 2. The van der Waals surface area contributed by atoms with Gasteiger partial charge in [0.15, 0.2) is 11.9 Å². The number of nitrogens with two attached hydrogens (primary N) is 1. The third-order valence-electron chi connectivity index (χ3n) is 2.41. The van der Waals surface area contributed by atoms with Gasteiger partial charge in [-0.25, -0.2) is 0 Å². The lowest BCUT2D eigenvalue weighted by atomic mass is 10.1. The van der Waals surface area contributed by atoms with Crippen LogP contribution in [0.4, 0.5) is 5.69 Å². The van der Waals surface area contributed by atoms with Gasteiger partial charge in [-0.15, -0.1) is 0 Å². The fourth-order valence-electron chi connectivity index (χ4n) is 1.49. The highest BCUT2D eigenvalue weighted by Gasteiger charge is 2.17. The predicted molar refractivity (Wildman–Crippen MR) is 69.6 cm³/mol. The van der Waals surface area contributed by atoms with Crippen molar-refractivity contribution in [3.8, 4) is 5.75 Å². The Bertz CT molecular complexity index is 458. The fourth-order valence-corrected chi connectivity index (χ4v) is 1.49. The van der Waals surface area contributed by atoms with E-state index >= 15 is 0 Å². The van der Waals surface area contributed by atoms with Crippen LogP contribution in [-0.4, -0.2) is 24.3 Å². The second kappa shape index (κ2) is 6.05. The summed E-state index contributed by atoms with van der Waals surface area (Å²) in [5.74, 6) is -0.000296. The van der Waals surface area contributed by atoms with Crippen molar-refractivity contribution in [3.63, 3.8) is 0 Å². The number of likely N-dealkylation sites (N-methyl/N-ethyl adjacent to an activating group) is 1. The molecule has 0 heterocycles. The molecule has 0 aliphatic rings. The van der Waals surface area contributed by atoms with E-state index in [1.54, 1.807) is 25.1 Å². The van der Waals surface area contributed by atoms with Crippen molar-refractivity contribution in [2.75, 3.05) is 12.3 Å². The fraction of sp³-hybridized carbons (Fsp3) is 0.385. The zero-order valence-electron chi connectivity index (χ0n) is 10.8. The lowest BCUT2D eigenvalue weighted by Gasteiger charge is -2.16. The zero-order chi connectivity index (χ0) is 13.7. The standard InChI is InChI=1S/C13H18N2O3/c1-4-15-13(17)9(3)18-12-6-5-10(14)7-11(12)8(2)16/h5-7,9H,4,14H2,1-3H3,(H,15,17). The van der Waals surface area contributed by atoms with E-state index in [2.05, 4.69) is 5.32 Å². The van der Waals surface area contributed by atoms with Crippen LogP contribution >= 0.6 is 0 Å². The van der Waals surface area contributed by atoms with Gasteiger partial charge in [-0.3, -0.25) is 9.59 Å². The Hall–Kier alpha value is -2.04. The van der Waals surface area contributed by atoms with E-state index in [4.69, 9.17) is 10.5 Å². The van der Waals surface area contributed by atoms with Crippen LogP contribution in [0.15, 0.2) is 18.2 Å². The van der Waals surface area contributed by atoms with Gasteiger partial charge in [0, 0.05) is 12.2 Å². The van der Waals surface area contributed by atoms with Crippen LogP contribution in [-0.2, 0) is 4.79 Å². The first-order valence-electron chi connectivity index (χ1n) is 5.80. The highest BCUT2D eigenvalue weighted by atomic mass is 16.5. The van der Waals surface area contributed by atoms with E-state index in [1.807, 2.05) is 6.92 Å². The normalized spacial score (nSPS) is 11.7. The molecule has 3 N–H and O–H groups in total. The van der Waals surface area contributed by atoms with Gasteiger partial charge in [-0.05, 0) is 39.0 Å². The summed E-state index contributed by atoms with van der Waals surface area (Å²) >= 11 is 0. The first-order chi connectivity index (χ1) is 8.45. The molecule has 18 heavy (non-hydrogen) atoms. The van der Waals surface area contributed by atoms with Crippen LogP contribution in [0.5, 0.6) is 5.75 Å². The van der Waals surface area contributed by atoms with E-state index in [9.17, 15) is 9.59 Å². The molecule has 1 atom stereocenters. The maximum Gasteiger partial charge on any atom is 0.260 e. The summed E-state index contributed by atoms with van der Waals surface area (Å²) < 4.78 is 5.49. The second-order valence-electron chi connectivity index (χ2n) is 3.97. The Morgan fingerprint density at radius 3 is 2.67 bits per heavy atom. The van der Waals surface area contributed by atoms with Gasteiger partial charge in [-0.2, -0.15) is 0 Å². The molecule has 1 amide bonds. The molecule has 0 aliphatic heterocycles. The van der Waals surface area contributed by atoms with Crippen LogP contribution in [0.1, 0.15) is 31.1 Å². The number of ether oxygens (including phenoxy) is 1. The Morgan fingerprint density at radius 1 is 1.44 bits per heavy atom. The molecule has 5 nitrogen and oxygen atoms in total. The van der Waals surface area contributed by atoms with Crippen LogP contribution in [0.2, 0.25) is 0 Å². The second-order valence-corrected chi connectivity index (χ2v) is 3.97. The van der Waals surface area contributed by atoms with E-state index in [-0.39, 0.29) is 11.7 Å². The van der Waals surface area contributed by atoms with Crippen molar-refractivity contribution < 1.29 is 14.3 Å². The summed E-state index contributed by atoms with van der Waals surface area (Å²) in [4.78, 5) is 23.0. The average molecular weight is 250 g/mol. The molecule has 1 rings (SSSR count). The number of carbonyl (C=O) groups is 2. The van der Waals surface area contributed by atoms with Crippen LogP contribution in [0, 0.1) is 0 Å². The Balaban J connectivity index is 2.90. The van der Waals surface area contributed by atoms with Gasteiger partial charge < -0.3 is 15.8 Å². The Labute approximate surface area is 106 Å². The number of Topliss-reactive ketones (excluding diaryl/α,β-unsaturated/α-hetero) is 1. The number of hydrogen-bond donors (Lipinski definition) is 2. The van der Waals surface area contributed by atoms with Crippen molar-refractivity contribution >= 4 is 17.4 Å². The summed E-state index contributed by atoms with van der Waals surface area (Å²) in [6, 6.07) is 4.77. The molecule has 0 radical (unpaired) electrons. The summed E-state index contributed by atoms with van der Waals surface area (Å²) in [6.45, 7) is 5.42. The summed E-state index contributed by atoms with van der Waals surface area (Å²) in [5.41, 5.74) is 6.48. The quantitative estimate of drug-likeness (QED) is 0.611. The molecule has 0 saturated heterocycles. The molecule has 1 unspecified atom stereocenters. The summed E-state index contributed by atoms with van der Waals surface area (Å²) in [7, 11) is 0. The monoisotopic (exact) mass is 250 g/mol.